The minimum atomic E-state index is -0.0605. The number of nitrogens with one attached hydrogen (secondary N) is 1. The minimum Gasteiger partial charge on any atom is -0.310 e. The number of hydrogen-bond acceptors (Lipinski definition) is 2. The molecule has 1 aliphatic heterocycles. The lowest BCUT2D eigenvalue weighted by molar-refractivity contribution is 0.399. The molecule has 16 heavy (non-hydrogen) atoms. The summed E-state index contributed by atoms with van der Waals surface area (Å²) in [4.78, 5) is 1.18. The van der Waals surface area contributed by atoms with Crippen molar-refractivity contribution in [1.82, 2.24) is 5.32 Å². The highest BCUT2D eigenvalue weighted by atomic mass is 32.2. The molecule has 1 heterocycles. The van der Waals surface area contributed by atoms with E-state index in [0.29, 0.717) is 0 Å². The summed E-state index contributed by atoms with van der Waals surface area (Å²) in [5.74, 6) is -0.0605. The van der Waals surface area contributed by atoms with E-state index >= 15 is 0 Å². The van der Waals surface area contributed by atoms with Gasteiger partial charge in [0.2, 0.25) is 0 Å². The first kappa shape index (κ1) is 11.9. The Morgan fingerprint density at radius 3 is 2.81 bits per heavy atom. The van der Waals surface area contributed by atoms with Crippen molar-refractivity contribution in [1.29, 1.82) is 0 Å². The van der Waals surface area contributed by atoms with Crippen LogP contribution in [0.2, 0.25) is 0 Å². The van der Waals surface area contributed by atoms with Gasteiger partial charge in [-0.2, -0.15) is 0 Å². The van der Waals surface area contributed by atoms with Gasteiger partial charge in [0, 0.05) is 16.5 Å². The molecular weight excluding hydrogens is 221 g/mol. The minimum absolute atomic E-state index is 0.0605. The third-order valence-electron chi connectivity index (χ3n) is 3.20. The number of thioether (sulfide) groups is 1. The number of rotatable bonds is 2. The Morgan fingerprint density at radius 2 is 2.19 bits per heavy atom. The summed E-state index contributed by atoms with van der Waals surface area (Å²) in [6.07, 6.45) is 5.49. The van der Waals surface area contributed by atoms with Crippen LogP contribution in [0.5, 0.6) is 0 Å². The predicted molar refractivity (Wildman–Crippen MR) is 67.5 cm³/mol. The maximum Gasteiger partial charge on any atom is 0.128 e. The van der Waals surface area contributed by atoms with Gasteiger partial charge in [0.25, 0.3) is 0 Å². The third-order valence-corrected chi connectivity index (χ3v) is 4.08. The molecule has 0 saturated carbocycles. The molecule has 2 rings (SSSR count). The lowest BCUT2D eigenvalue weighted by Gasteiger charge is -2.25. The van der Waals surface area contributed by atoms with E-state index in [1.807, 2.05) is 19.2 Å². The first-order chi connectivity index (χ1) is 7.72. The van der Waals surface area contributed by atoms with Crippen molar-refractivity contribution in [3.63, 3.8) is 0 Å². The lowest BCUT2D eigenvalue weighted by Crippen LogP contribution is -2.27. The van der Waals surface area contributed by atoms with Gasteiger partial charge in [-0.3, -0.25) is 0 Å². The quantitative estimate of drug-likeness (QED) is 0.790. The standard InChI is InChI=1S/C13H18FNS/c1-9-7-11(14)10(8-13(9)16-2)12-5-3-4-6-15-12/h7-8,12,15H,3-6H2,1-2H3. The zero-order valence-electron chi connectivity index (χ0n) is 9.85. The van der Waals surface area contributed by atoms with Crippen molar-refractivity contribution in [2.24, 2.45) is 0 Å². The average molecular weight is 239 g/mol. The summed E-state index contributed by atoms with van der Waals surface area (Å²) in [5.41, 5.74) is 1.87. The van der Waals surface area contributed by atoms with E-state index in [1.165, 1.54) is 17.7 Å². The fraction of sp³-hybridized carbons (Fsp3) is 0.538. The molecule has 1 fully saturated rings. The smallest absolute Gasteiger partial charge is 0.128 e. The second kappa shape index (κ2) is 5.19. The number of halogens is 1. The second-order valence-corrected chi connectivity index (χ2v) is 5.19. The highest BCUT2D eigenvalue weighted by molar-refractivity contribution is 7.98. The van der Waals surface area contributed by atoms with Crippen LogP contribution in [0.3, 0.4) is 0 Å². The fourth-order valence-corrected chi connectivity index (χ4v) is 2.90. The molecule has 0 aromatic heterocycles. The van der Waals surface area contributed by atoms with Crippen molar-refractivity contribution in [2.45, 2.75) is 37.1 Å². The van der Waals surface area contributed by atoms with Crippen LogP contribution >= 0.6 is 11.8 Å². The molecule has 1 nitrogen and oxygen atoms in total. The van der Waals surface area contributed by atoms with Crippen LogP contribution in [0.1, 0.15) is 36.4 Å². The number of hydrogen-bond donors (Lipinski definition) is 1. The van der Waals surface area contributed by atoms with Gasteiger partial charge in [-0.15, -0.1) is 11.8 Å². The van der Waals surface area contributed by atoms with Gasteiger partial charge in [-0.05, 0) is 50.3 Å². The van der Waals surface area contributed by atoms with Crippen molar-refractivity contribution in [3.05, 3.63) is 29.1 Å². The summed E-state index contributed by atoms with van der Waals surface area (Å²) in [6.45, 7) is 2.97. The predicted octanol–water partition coefficient (Wildman–Crippen LogP) is 3.67. The van der Waals surface area contributed by atoms with Gasteiger partial charge >= 0.3 is 0 Å². The maximum atomic E-state index is 13.9. The molecule has 0 spiro atoms. The average Bonchev–Trinajstić information content (AvgIpc) is 2.30. The van der Waals surface area contributed by atoms with E-state index in [-0.39, 0.29) is 11.9 Å². The normalized spacial score (nSPS) is 21.1. The molecule has 1 atom stereocenters. The molecule has 1 aromatic carbocycles. The van der Waals surface area contributed by atoms with E-state index in [4.69, 9.17) is 0 Å². The largest absolute Gasteiger partial charge is 0.310 e. The van der Waals surface area contributed by atoms with Gasteiger partial charge in [0.05, 0.1) is 0 Å². The van der Waals surface area contributed by atoms with Crippen LogP contribution < -0.4 is 5.32 Å². The molecule has 0 bridgehead atoms. The molecule has 1 aromatic rings. The zero-order chi connectivity index (χ0) is 11.5. The topological polar surface area (TPSA) is 12.0 Å². The van der Waals surface area contributed by atoms with E-state index in [2.05, 4.69) is 5.32 Å². The molecule has 3 heteroatoms. The van der Waals surface area contributed by atoms with Crippen LogP contribution in [0.25, 0.3) is 0 Å². The van der Waals surface area contributed by atoms with Gasteiger partial charge < -0.3 is 5.32 Å². The Balaban J connectivity index is 2.31. The van der Waals surface area contributed by atoms with E-state index in [0.717, 1.165) is 24.1 Å². The summed E-state index contributed by atoms with van der Waals surface area (Å²) >= 11 is 1.69. The monoisotopic (exact) mass is 239 g/mol. The lowest BCUT2D eigenvalue weighted by atomic mass is 9.96. The van der Waals surface area contributed by atoms with Crippen LogP contribution in [0.4, 0.5) is 4.39 Å². The van der Waals surface area contributed by atoms with Gasteiger partial charge in [0.1, 0.15) is 5.82 Å². The maximum absolute atomic E-state index is 13.9. The molecule has 88 valence electrons. The van der Waals surface area contributed by atoms with Gasteiger partial charge in [-0.25, -0.2) is 4.39 Å². The summed E-state index contributed by atoms with van der Waals surface area (Å²) in [5, 5.41) is 3.40. The van der Waals surface area contributed by atoms with Crippen LogP contribution in [-0.2, 0) is 0 Å². The Hall–Kier alpha value is -0.540. The zero-order valence-corrected chi connectivity index (χ0v) is 10.7. The third kappa shape index (κ3) is 2.41. The number of benzene rings is 1. The van der Waals surface area contributed by atoms with Crippen LogP contribution in [-0.4, -0.2) is 12.8 Å². The molecular formula is C13H18FNS. The van der Waals surface area contributed by atoms with E-state index in [1.54, 1.807) is 17.8 Å². The van der Waals surface area contributed by atoms with E-state index in [9.17, 15) is 4.39 Å². The summed E-state index contributed by atoms with van der Waals surface area (Å²) < 4.78 is 13.9. The first-order valence-electron chi connectivity index (χ1n) is 5.80. The molecule has 0 aliphatic carbocycles. The molecule has 1 unspecified atom stereocenters. The molecule has 1 saturated heterocycles. The van der Waals surface area contributed by atoms with E-state index < -0.39 is 0 Å². The highest BCUT2D eigenvalue weighted by Gasteiger charge is 2.19. The molecule has 1 N–H and O–H groups in total. The van der Waals surface area contributed by atoms with Gasteiger partial charge in [-0.1, -0.05) is 6.42 Å². The van der Waals surface area contributed by atoms with Crippen molar-refractivity contribution < 1.29 is 4.39 Å². The van der Waals surface area contributed by atoms with Gasteiger partial charge in [0.15, 0.2) is 0 Å². The number of piperidine rings is 1. The first-order valence-corrected chi connectivity index (χ1v) is 7.02. The Kier molecular flexibility index (Phi) is 3.87. The van der Waals surface area contributed by atoms with Crippen molar-refractivity contribution in [3.8, 4) is 0 Å². The Bertz CT molecular complexity index is 372. The second-order valence-electron chi connectivity index (χ2n) is 4.35. The highest BCUT2D eigenvalue weighted by Crippen LogP contribution is 2.30. The molecule has 1 aliphatic rings. The van der Waals surface area contributed by atoms with Crippen molar-refractivity contribution >= 4 is 11.8 Å². The summed E-state index contributed by atoms with van der Waals surface area (Å²) in [6, 6.07) is 3.88. The van der Waals surface area contributed by atoms with Crippen LogP contribution in [0, 0.1) is 12.7 Å². The fourth-order valence-electron chi connectivity index (χ4n) is 2.27. The van der Waals surface area contributed by atoms with Crippen molar-refractivity contribution in [2.75, 3.05) is 12.8 Å². The number of aryl methyl sites for hydroxylation is 1. The summed E-state index contributed by atoms with van der Waals surface area (Å²) in [7, 11) is 0. The molecule has 0 radical (unpaired) electrons. The molecule has 0 amide bonds. The SMILES string of the molecule is CSc1cc(C2CCCCN2)c(F)cc1C. The Labute approximate surface area is 101 Å². The van der Waals surface area contributed by atoms with Crippen LogP contribution in [0.15, 0.2) is 17.0 Å². The Morgan fingerprint density at radius 1 is 1.38 bits per heavy atom.